The van der Waals surface area contributed by atoms with E-state index in [1.165, 1.54) is 55.0 Å². The predicted octanol–water partition coefficient (Wildman–Crippen LogP) is 4.61. The highest BCUT2D eigenvalue weighted by Gasteiger charge is 2.17. The van der Waals surface area contributed by atoms with Crippen LogP contribution >= 0.6 is 0 Å². The van der Waals surface area contributed by atoms with Crippen molar-refractivity contribution in [3.63, 3.8) is 0 Å². The minimum absolute atomic E-state index is 0.766. The Balaban J connectivity index is 1.97. The molecule has 1 aliphatic carbocycles. The molecule has 0 aliphatic heterocycles. The van der Waals surface area contributed by atoms with Crippen molar-refractivity contribution < 1.29 is 0 Å². The molecule has 0 unspecified atom stereocenters. The van der Waals surface area contributed by atoms with Gasteiger partial charge in [0.2, 0.25) is 0 Å². The average Bonchev–Trinajstić information content (AvgIpc) is 2.57. The van der Waals surface area contributed by atoms with Crippen LogP contribution in [0.2, 0.25) is 0 Å². The SMILES string of the molecule is c1ccc2c(C3CCCCCC3)[nH]cc2c1. The Labute approximate surface area is 96.9 Å². The normalized spacial score (nSPS) is 18.8. The van der Waals surface area contributed by atoms with Gasteiger partial charge in [-0.3, -0.25) is 0 Å². The van der Waals surface area contributed by atoms with Gasteiger partial charge in [0, 0.05) is 17.3 Å². The summed E-state index contributed by atoms with van der Waals surface area (Å²) < 4.78 is 0. The zero-order valence-corrected chi connectivity index (χ0v) is 9.71. The predicted molar refractivity (Wildman–Crippen MR) is 68.7 cm³/mol. The molecule has 84 valence electrons. The lowest BCUT2D eigenvalue weighted by Crippen LogP contribution is -1.97. The third-order valence-corrected chi connectivity index (χ3v) is 3.90. The van der Waals surface area contributed by atoms with Crippen molar-refractivity contribution in [2.45, 2.75) is 44.4 Å². The first-order chi connectivity index (χ1) is 7.95. The van der Waals surface area contributed by atoms with Crippen molar-refractivity contribution in [1.82, 2.24) is 4.98 Å². The molecule has 3 rings (SSSR count). The number of benzene rings is 1. The molecule has 0 radical (unpaired) electrons. The lowest BCUT2D eigenvalue weighted by molar-refractivity contribution is 0.584. The molecule has 2 aromatic rings. The van der Waals surface area contributed by atoms with Crippen LogP contribution in [0.5, 0.6) is 0 Å². The van der Waals surface area contributed by atoms with Crippen LogP contribution in [0, 0.1) is 0 Å². The summed E-state index contributed by atoms with van der Waals surface area (Å²) >= 11 is 0. The van der Waals surface area contributed by atoms with E-state index < -0.39 is 0 Å². The summed E-state index contributed by atoms with van der Waals surface area (Å²) in [5.74, 6) is 0.766. The van der Waals surface area contributed by atoms with Crippen molar-refractivity contribution in [2.24, 2.45) is 0 Å². The van der Waals surface area contributed by atoms with Gasteiger partial charge in [-0.2, -0.15) is 0 Å². The number of fused-ring (bicyclic) bond motifs is 1. The van der Waals surface area contributed by atoms with Crippen molar-refractivity contribution in [3.05, 3.63) is 36.2 Å². The first-order valence-corrected chi connectivity index (χ1v) is 6.51. The van der Waals surface area contributed by atoms with E-state index in [1.54, 1.807) is 0 Å². The van der Waals surface area contributed by atoms with Crippen LogP contribution in [-0.2, 0) is 0 Å². The van der Waals surface area contributed by atoms with Crippen molar-refractivity contribution in [2.75, 3.05) is 0 Å². The highest BCUT2D eigenvalue weighted by atomic mass is 14.7. The molecule has 0 amide bonds. The third-order valence-electron chi connectivity index (χ3n) is 3.90. The second kappa shape index (κ2) is 4.32. The number of rotatable bonds is 1. The molecule has 0 saturated heterocycles. The van der Waals surface area contributed by atoms with Crippen LogP contribution < -0.4 is 0 Å². The second-order valence-electron chi connectivity index (χ2n) is 4.98. The Morgan fingerprint density at radius 2 is 1.69 bits per heavy atom. The first kappa shape index (κ1) is 9.95. The van der Waals surface area contributed by atoms with Gasteiger partial charge in [0.25, 0.3) is 0 Å². The van der Waals surface area contributed by atoms with Crippen LogP contribution in [0.4, 0.5) is 0 Å². The van der Waals surface area contributed by atoms with Crippen molar-refractivity contribution >= 4 is 10.8 Å². The van der Waals surface area contributed by atoms with Gasteiger partial charge in [0.15, 0.2) is 0 Å². The van der Waals surface area contributed by atoms with E-state index in [9.17, 15) is 0 Å². The highest BCUT2D eigenvalue weighted by molar-refractivity contribution is 5.85. The Kier molecular flexibility index (Phi) is 2.69. The highest BCUT2D eigenvalue weighted by Crippen LogP contribution is 2.34. The van der Waals surface area contributed by atoms with Gasteiger partial charge in [0.05, 0.1) is 0 Å². The Hall–Kier alpha value is -1.24. The zero-order chi connectivity index (χ0) is 10.8. The van der Waals surface area contributed by atoms with Gasteiger partial charge in [-0.1, -0.05) is 49.9 Å². The van der Waals surface area contributed by atoms with Gasteiger partial charge >= 0.3 is 0 Å². The summed E-state index contributed by atoms with van der Waals surface area (Å²) in [6.45, 7) is 0. The maximum Gasteiger partial charge on any atom is 0.0258 e. The van der Waals surface area contributed by atoms with Gasteiger partial charge in [-0.25, -0.2) is 0 Å². The molecule has 1 fully saturated rings. The molecule has 1 heterocycles. The third kappa shape index (κ3) is 1.75. The van der Waals surface area contributed by atoms with E-state index >= 15 is 0 Å². The summed E-state index contributed by atoms with van der Waals surface area (Å²) in [6, 6.07) is 8.72. The molecule has 1 aromatic carbocycles. The number of aromatic amines is 1. The van der Waals surface area contributed by atoms with Crippen LogP contribution in [0.1, 0.15) is 50.1 Å². The van der Waals surface area contributed by atoms with E-state index in [0.717, 1.165) is 5.92 Å². The molecule has 0 bridgehead atoms. The van der Waals surface area contributed by atoms with Crippen molar-refractivity contribution in [1.29, 1.82) is 0 Å². The van der Waals surface area contributed by atoms with E-state index in [4.69, 9.17) is 0 Å². The zero-order valence-electron chi connectivity index (χ0n) is 9.71. The van der Waals surface area contributed by atoms with Crippen LogP contribution in [0.25, 0.3) is 10.8 Å². The molecular weight excluding hydrogens is 194 g/mol. The summed E-state index contributed by atoms with van der Waals surface area (Å²) in [5, 5.41) is 2.80. The second-order valence-corrected chi connectivity index (χ2v) is 4.98. The van der Waals surface area contributed by atoms with E-state index in [2.05, 4.69) is 35.4 Å². The lowest BCUT2D eigenvalue weighted by atomic mass is 9.94. The van der Waals surface area contributed by atoms with Crippen LogP contribution in [0.15, 0.2) is 30.5 Å². The Bertz CT molecular complexity index is 461. The molecule has 1 saturated carbocycles. The van der Waals surface area contributed by atoms with E-state index in [-0.39, 0.29) is 0 Å². The molecule has 1 N–H and O–H groups in total. The van der Waals surface area contributed by atoms with Crippen LogP contribution in [0.3, 0.4) is 0 Å². The minimum atomic E-state index is 0.766. The number of hydrogen-bond donors (Lipinski definition) is 1. The Morgan fingerprint density at radius 3 is 2.50 bits per heavy atom. The molecule has 1 aromatic heterocycles. The Morgan fingerprint density at radius 1 is 0.938 bits per heavy atom. The topological polar surface area (TPSA) is 15.8 Å². The lowest BCUT2D eigenvalue weighted by Gasteiger charge is -2.12. The number of H-pyrrole nitrogens is 1. The molecule has 0 spiro atoms. The van der Waals surface area contributed by atoms with Crippen molar-refractivity contribution in [3.8, 4) is 0 Å². The molecule has 0 atom stereocenters. The smallest absolute Gasteiger partial charge is 0.0258 e. The molecule has 1 aliphatic rings. The van der Waals surface area contributed by atoms with Gasteiger partial charge in [-0.05, 0) is 24.1 Å². The summed E-state index contributed by atoms with van der Waals surface area (Å²) in [6.07, 6.45) is 10.5. The monoisotopic (exact) mass is 213 g/mol. The quantitative estimate of drug-likeness (QED) is 0.666. The average molecular weight is 213 g/mol. The van der Waals surface area contributed by atoms with Gasteiger partial charge in [-0.15, -0.1) is 0 Å². The summed E-state index contributed by atoms with van der Waals surface area (Å²) in [7, 11) is 0. The molecule has 16 heavy (non-hydrogen) atoms. The summed E-state index contributed by atoms with van der Waals surface area (Å²) in [5.41, 5.74) is 1.48. The van der Waals surface area contributed by atoms with Gasteiger partial charge in [0.1, 0.15) is 0 Å². The van der Waals surface area contributed by atoms with E-state index in [0.29, 0.717) is 0 Å². The number of nitrogens with one attached hydrogen (secondary N) is 1. The standard InChI is InChI=1S/C15H19N/c1-2-4-8-12(7-3-1)15-14-10-6-5-9-13(14)11-16-15/h5-6,9-12,16H,1-4,7-8H2. The number of aromatic nitrogens is 1. The van der Waals surface area contributed by atoms with E-state index in [1.807, 2.05) is 0 Å². The van der Waals surface area contributed by atoms with Gasteiger partial charge < -0.3 is 4.98 Å². The molecule has 1 heteroatoms. The fraction of sp³-hybridized carbons (Fsp3) is 0.467. The fourth-order valence-corrected chi connectivity index (χ4v) is 3.01. The summed E-state index contributed by atoms with van der Waals surface area (Å²) in [4.78, 5) is 3.51. The number of hydrogen-bond acceptors (Lipinski definition) is 0. The minimum Gasteiger partial charge on any atom is -0.364 e. The maximum absolute atomic E-state index is 3.51. The van der Waals surface area contributed by atoms with Crippen LogP contribution in [-0.4, -0.2) is 4.98 Å². The fourth-order valence-electron chi connectivity index (χ4n) is 3.01. The first-order valence-electron chi connectivity index (χ1n) is 6.51. The largest absolute Gasteiger partial charge is 0.364 e. The molecular formula is C15H19N. The maximum atomic E-state index is 3.51. The molecule has 1 nitrogen and oxygen atoms in total.